The highest BCUT2D eigenvalue weighted by molar-refractivity contribution is 6.35. The molecule has 0 fully saturated rings. The first kappa shape index (κ1) is 22.9. The molecule has 3 amide bonds. The summed E-state index contributed by atoms with van der Waals surface area (Å²) in [6.07, 6.45) is 2.11. The van der Waals surface area contributed by atoms with Gasteiger partial charge in [-0.2, -0.15) is 5.10 Å². The molecule has 2 aromatic carbocycles. The SMILES string of the molecule is CC[C@@H](C)NC(=O)C(=O)N/N=C\c1ccc(OCC(=O)Nc2ccccc2Cl)cc1. The van der Waals surface area contributed by atoms with Gasteiger partial charge in [-0.3, -0.25) is 14.4 Å². The van der Waals surface area contributed by atoms with Crippen LogP contribution in [0, 0.1) is 0 Å². The fourth-order valence-electron chi connectivity index (χ4n) is 2.16. The van der Waals surface area contributed by atoms with Crippen LogP contribution >= 0.6 is 11.6 Å². The molecular formula is C21H23ClN4O4. The Balaban J connectivity index is 1.78. The number of carbonyl (C=O) groups excluding carboxylic acids is 3. The standard InChI is InChI=1S/C21H23ClN4O4/c1-3-14(2)24-20(28)21(29)26-23-12-15-8-10-16(11-9-15)30-13-19(27)25-18-7-5-4-6-17(18)22/h4-12,14H,3,13H2,1-2H3,(H,24,28)(H,25,27)(H,26,29)/b23-12-/t14-/m1/s1. The van der Waals surface area contributed by atoms with Crippen molar-refractivity contribution in [2.75, 3.05) is 11.9 Å². The van der Waals surface area contributed by atoms with Crippen molar-refractivity contribution in [3.63, 3.8) is 0 Å². The summed E-state index contributed by atoms with van der Waals surface area (Å²) in [5.74, 6) is -1.43. The van der Waals surface area contributed by atoms with Gasteiger partial charge in [0.25, 0.3) is 5.91 Å². The maximum Gasteiger partial charge on any atom is 0.329 e. The number of halogens is 1. The van der Waals surface area contributed by atoms with Crippen LogP contribution in [0.5, 0.6) is 5.75 Å². The lowest BCUT2D eigenvalue weighted by molar-refractivity contribution is -0.139. The van der Waals surface area contributed by atoms with Crippen LogP contribution in [0.2, 0.25) is 5.02 Å². The summed E-state index contributed by atoms with van der Waals surface area (Å²) in [5, 5.41) is 9.41. The summed E-state index contributed by atoms with van der Waals surface area (Å²) in [6, 6.07) is 13.5. The Morgan fingerprint density at radius 1 is 1.10 bits per heavy atom. The summed E-state index contributed by atoms with van der Waals surface area (Å²) < 4.78 is 5.43. The van der Waals surface area contributed by atoms with Gasteiger partial charge in [0.1, 0.15) is 5.75 Å². The fourth-order valence-corrected chi connectivity index (χ4v) is 2.34. The molecule has 0 aliphatic carbocycles. The van der Waals surface area contributed by atoms with Crippen molar-refractivity contribution in [1.29, 1.82) is 0 Å². The summed E-state index contributed by atoms with van der Waals surface area (Å²) in [6.45, 7) is 3.53. The second-order valence-corrected chi connectivity index (χ2v) is 6.77. The summed E-state index contributed by atoms with van der Waals surface area (Å²) in [7, 11) is 0. The van der Waals surface area contributed by atoms with Crippen LogP contribution in [0.3, 0.4) is 0 Å². The molecule has 1 atom stereocenters. The molecule has 8 nitrogen and oxygen atoms in total. The van der Waals surface area contributed by atoms with Gasteiger partial charge >= 0.3 is 11.8 Å². The van der Waals surface area contributed by atoms with Crippen molar-refractivity contribution in [3.8, 4) is 5.75 Å². The molecule has 30 heavy (non-hydrogen) atoms. The molecule has 158 valence electrons. The van der Waals surface area contributed by atoms with Gasteiger partial charge in [0.15, 0.2) is 6.61 Å². The molecule has 2 aromatic rings. The van der Waals surface area contributed by atoms with E-state index in [9.17, 15) is 14.4 Å². The van der Waals surface area contributed by atoms with Crippen LogP contribution in [0.4, 0.5) is 5.69 Å². The number of rotatable bonds is 8. The third kappa shape index (κ3) is 7.56. The van der Waals surface area contributed by atoms with Crippen molar-refractivity contribution >= 4 is 41.2 Å². The lowest BCUT2D eigenvalue weighted by Crippen LogP contribution is -2.41. The van der Waals surface area contributed by atoms with E-state index < -0.39 is 11.8 Å². The molecule has 0 aliphatic heterocycles. The number of ether oxygens (including phenoxy) is 1. The Morgan fingerprint density at radius 2 is 1.80 bits per heavy atom. The van der Waals surface area contributed by atoms with E-state index >= 15 is 0 Å². The van der Waals surface area contributed by atoms with Crippen molar-refractivity contribution in [2.45, 2.75) is 26.3 Å². The normalized spacial score (nSPS) is 11.6. The first-order valence-electron chi connectivity index (χ1n) is 9.30. The minimum atomic E-state index is -0.837. The lowest BCUT2D eigenvalue weighted by atomic mass is 10.2. The van der Waals surface area contributed by atoms with E-state index in [1.54, 1.807) is 55.5 Å². The van der Waals surface area contributed by atoms with Gasteiger partial charge in [-0.15, -0.1) is 0 Å². The number of nitrogens with zero attached hydrogens (tertiary/aromatic N) is 1. The zero-order valence-corrected chi connectivity index (χ0v) is 17.4. The predicted molar refractivity (Wildman–Crippen MR) is 116 cm³/mol. The molecule has 0 unspecified atom stereocenters. The summed E-state index contributed by atoms with van der Waals surface area (Å²) in [4.78, 5) is 35.2. The molecule has 3 N–H and O–H groups in total. The quantitative estimate of drug-likeness (QED) is 0.340. The average molecular weight is 431 g/mol. The first-order chi connectivity index (χ1) is 14.4. The minimum Gasteiger partial charge on any atom is -0.484 e. The lowest BCUT2D eigenvalue weighted by Gasteiger charge is -2.09. The highest BCUT2D eigenvalue weighted by Crippen LogP contribution is 2.20. The third-order valence-corrected chi connectivity index (χ3v) is 4.30. The van der Waals surface area contributed by atoms with Crippen LogP contribution in [0.1, 0.15) is 25.8 Å². The molecule has 2 rings (SSSR count). The second kappa shape index (κ2) is 11.6. The van der Waals surface area contributed by atoms with Gasteiger partial charge in [-0.05, 0) is 55.3 Å². The van der Waals surface area contributed by atoms with E-state index in [0.717, 1.165) is 6.42 Å². The number of para-hydroxylation sites is 1. The fraction of sp³-hybridized carbons (Fsp3) is 0.238. The van der Waals surface area contributed by atoms with Gasteiger partial charge in [-0.1, -0.05) is 30.7 Å². The second-order valence-electron chi connectivity index (χ2n) is 6.37. The smallest absolute Gasteiger partial charge is 0.329 e. The zero-order chi connectivity index (χ0) is 21.9. The molecule has 0 aromatic heterocycles. The molecule has 0 bridgehead atoms. The Labute approximate surface area is 179 Å². The van der Waals surface area contributed by atoms with E-state index in [1.165, 1.54) is 6.21 Å². The predicted octanol–water partition coefficient (Wildman–Crippen LogP) is 2.72. The first-order valence-corrected chi connectivity index (χ1v) is 9.68. The number of carbonyl (C=O) groups is 3. The van der Waals surface area contributed by atoms with E-state index in [-0.39, 0.29) is 18.6 Å². The molecule has 9 heteroatoms. The number of hydrazone groups is 1. The number of hydrogen-bond donors (Lipinski definition) is 3. The van der Waals surface area contributed by atoms with E-state index in [4.69, 9.17) is 16.3 Å². The topological polar surface area (TPSA) is 109 Å². The van der Waals surface area contributed by atoms with E-state index in [2.05, 4.69) is 21.2 Å². The van der Waals surface area contributed by atoms with Gasteiger partial charge in [-0.25, -0.2) is 5.43 Å². The third-order valence-electron chi connectivity index (χ3n) is 3.97. The Hall–Kier alpha value is -3.39. The van der Waals surface area contributed by atoms with Gasteiger partial charge < -0.3 is 15.4 Å². The highest BCUT2D eigenvalue weighted by Gasteiger charge is 2.14. The van der Waals surface area contributed by atoms with Gasteiger partial charge in [0.2, 0.25) is 0 Å². The number of anilines is 1. The monoisotopic (exact) mass is 430 g/mol. The molecule has 0 saturated heterocycles. The van der Waals surface area contributed by atoms with Crippen molar-refractivity contribution in [2.24, 2.45) is 5.10 Å². The van der Waals surface area contributed by atoms with Crippen molar-refractivity contribution < 1.29 is 19.1 Å². The van der Waals surface area contributed by atoms with E-state index in [0.29, 0.717) is 22.0 Å². The number of amides is 3. The zero-order valence-electron chi connectivity index (χ0n) is 16.6. The van der Waals surface area contributed by atoms with Crippen LogP contribution in [0.25, 0.3) is 0 Å². The summed E-state index contributed by atoms with van der Waals surface area (Å²) in [5.41, 5.74) is 3.35. The largest absolute Gasteiger partial charge is 0.484 e. The molecule has 0 heterocycles. The molecular weight excluding hydrogens is 408 g/mol. The minimum absolute atomic E-state index is 0.0912. The highest BCUT2D eigenvalue weighted by atomic mass is 35.5. The molecule has 0 spiro atoms. The Kier molecular flexibility index (Phi) is 8.83. The number of nitrogens with one attached hydrogen (secondary N) is 3. The average Bonchev–Trinajstić information content (AvgIpc) is 2.74. The Morgan fingerprint density at radius 3 is 2.47 bits per heavy atom. The Bertz CT molecular complexity index is 915. The van der Waals surface area contributed by atoms with Crippen molar-refractivity contribution in [1.82, 2.24) is 10.7 Å². The van der Waals surface area contributed by atoms with Gasteiger partial charge in [0, 0.05) is 6.04 Å². The van der Waals surface area contributed by atoms with Crippen LogP contribution < -0.4 is 20.8 Å². The van der Waals surface area contributed by atoms with E-state index in [1.807, 2.05) is 6.92 Å². The molecule has 0 saturated carbocycles. The number of hydrogen-bond acceptors (Lipinski definition) is 5. The number of benzene rings is 2. The molecule has 0 radical (unpaired) electrons. The maximum absolute atomic E-state index is 12.0. The van der Waals surface area contributed by atoms with Crippen LogP contribution in [-0.4, -0.2) is 36.6 Å². The van der Waals surface area contributed by atoms with Crippen molar-refractivity contribution in [3.05, 3.63) is 59.1 Å². The van der Waals surface area contributed by atoms with Crippen LogP contribution in [-0.2, 0) is 14.4 Å². The maximum atomic E-state index is 12.0. The van der Waals surface area contributed by atoms with Gasteiger partial charge in [0.05, 0.1) is 16.9 Å². The summed E-state index contributed by atoms with van der Waals surface area (Å²) >= 11 is 5.99. The van der Waals surface area contributed by atoms with Crippen LogP contribution in [0.15, 0.2) is 53.6 Å². The molecule has 0 aliphatic rings.